The van der Waals surface area contributed by atoms with E-state index in [2.05, 4.69) is 0 Å². The number of benzene rings is 2. The monoisotopic (exact) mass is 274 g/mol. The molecule has 96 valence electrons. The Labute approximate surface area is 110 Å². The summed E-state index contributed by atoms with van der Waals surface area (Å²) in [6.45, 7) is 0. The number of fused-ring (bicyclic) bond motifs is 1. The van der Waals surface area contributed by atoms with E-state index in [9.17, 15) is 8.42 Å². The summed E-state index contributed by atoms with van der Waals surface area (Å²) in [5.74, 6) is 0.651. The minimum Gasteiger partial charge on any atom is -0.464 e. The van der Waals surface area contributed by atoms with E-state index in [0.717, 1.165) is 10.9 Å². The molecule has 0 unspecified atom stereocenters. The van der Waals surface area contributed by atoms with Crippen molar-refractivity contribution in [2.24, 2.45) is 0 Å². The molecule has 19 heavy (non-hydrogen) atoms. The van der Waals surface area contributed by atoms with Crippen molar-refractivity contribution in [2.75, 3.05) is 0 Å². The number of hydrogen-bond acceptors (Lipinski definition) is 3. The van der Waals surface area contributed by atoms with Gasteiger partial charge in [0.15, 0.2) is 0 Å². The van der Waals surface area contributed by atoms with Crippen molar-refractivity contribution >= 4 is 20.9 Å². The molecule has 0 aliphatic heterocycles. The van der Waals surface area contributed by atoms with E-state index < -0.39 is 10.1 Å². The van der Waals surface area contributed by atoms with Crippen molar-refractivity contribution in [2.45, 2.75) is 4.90 Å². The smallest absolute Gasteiger partial charge is 0.294 e. The zero-order valence-electron chi connectivity index (χ0n) is 9.78. The average molecular weight is 274 g/mol. The molecule has 1 aromatic heterocycles. The minimum atomic E-state index is -4.21. The predicted octanol–water partition coefficient (Wildman–Crippen LogP) is 3.35. The van der Waals surface area contributed by atoms with Crippen molar-refractivity contribution in [3.8, 4) is 11.3 Å². The maximum atomic E-state index is 11.2. The Bertz CT molecular complexity index is 833. The lowest BCUT2D eigenvalue weighted by Gasteiger charge is -2.05. The van der Waals surface area contributed by atoms with E-state index in [0.29, 0.717) is 11.1 Å². The molecule has 0 saturated heterocycles. The van der Waals surface area contributed by atoms with E-state index in [1.165, 1.54) is 12.1 Å². The molecular weight excluding hydrogens is 264 g/mol. The summed E-state index contributed by atoms with van der Waals surface area (Å²) in [7, 11) is -4.21. The Morgan fingerprint density at radius 2 is 1.84 bits per heavy atom. The highest BCUT2D eigenvalue weighted by molar-refractivity contribution is 7.85. The molecule has 2 aromatic carbocycles. The van der Waals surface area contributed by atoms with Crippen LogP contribution in [0.15, 0.2) is 64.1 Å². The summed E-state index contributed by atoms with van der Waals surface area (Å²) in [5.41, 5.74) is 0.785. The summed E-state index contributed by atoms with van der Waals surface area (Å²) < 4.78 is 36.9. The molecule has 1 heterocycles. The highest BCUT2D eigenvalue weighted by Gasteiger charge is 2.12. The lowest BCUT2D eigenvalue weighted by Crippen LogP contribution is -1.97. The van der Waals surface area contributed by atoms with E-state index in [1.54, 1.807) is 24.5 Å². The predicted molar refractivity (Wildman–Crippen MR) is 71.5 cm³/mol. The number of furan rings is 1. The van der Waals surface area contributed by atoms with Crippen molar-refractivity contribution in [1.29, 1.82) is 0 Å². The van der Waals surface area contributed by atoms with Crippen LogP contribution in [0.2, 0.25) is 0 Å². The van der Waals surface area contributed by atoms with Crippen LogP contribution >= 0.6 is 0 Å². The quantitative estimate of drug-likeness (QED) is 0.728. The van der Waals surface area contributed by atoms with Crippen molar-refractivity contribution in [3.63, 3.8) is 0 Å². The zero-order valence-corrected chi connectivity index (χ0v) is 10.6. The Morgan fingerprint density at radius 1 is 1.00 bits per heavy atom. The minimum absolute atomic E-state index is 0.126. The van der Waals surface area contributed by atoms with Crippen molar-refractivity contribution < 1.29 is 17.4 Å². The van der Waals surface area contributed by atoms with Gasteiger partial charge in [0.2, 0.25) is 0 Å². The second-order valence-corrected chi connectivity index (χ2v) is 5.56. The third-order valence-electron chi connectivity index (χ3n) is 2.94. The van der Waals surface area contributed by atoms with Crippen LogP contribution in [-0.2, 0) is 10.1 Å². The fourth-order valence-electron chi connectivity index (χ4n) is 2.06. The molecule has 3 rings (SSSR count). The third kappa shape index (κ3) is 2.14. The molecule has 0 bridgehead atoms. The Kier molecular flexibility index (Phi) is 2.66. The van der Waals surface area contributed by atoms with E-state index in [4.69, 9.17) is 8.97 Å². The van der Waals surface area contributed by atoms with Crippen LogP contribution in [0.3, 0.4) is 0 Å². The fraction of sp³-hybridized carbons (Fsp3) is 0. The Hall–Kier alpha value is -2.11. The number of hydrogen-bond donors (Lipinski definition) is 1. The second-order valence-electron chi connectivity index (χ2n) is 4.14. The van der Waals surface area contributed by atoms with Gasteiger partial charge in [-0.15, -0.1) is 0 Å². The summed E-state index contributed by atoms with van der Waals surface area (Å²) >= 11 is 0. The first-order chi connectivity index (χ1) is 9.05. The van der Waals surface area contributed by atoms with Gasteiger partial charge in [0.1, 0.15) is 5.76 Å². The van der Waals surface area contributed by atoms with Gasteiger partial charge in [-0.3, -0.25) is 4.55 Å². The normalized spacial score (nSPS) is 11.8. The van der Waals surface area contributed by atoms with E-state index >= 15 is 0 Å². The molecule has 0 atom stereocenters. The molecule has 4 nitrogen and oxygen atoms in total. The molecule has 0 fully saturated rings. The standard InChI is InChI=1S/C14H10O4S/c15-19(16,17)11-7-6-10-3-1-4-12(13(10)9-11)14-5-2-8-18-14/h1-9H,(H,15,16,17). The summed E-state index contributed by atoms with van der Waals surface area (Å²) in [6, 6.07) is 13.6. The molecule has 0 spiro atoms. The molecule has 0 radical (unpaired) electrons. The molecule has 0 saturated carbocycles. The summed E-state index contributed by atoms with van der Waals surface area (Å²) in [5, 5.41) is 1.59. The maximum absolute atomic E-state index is 11.2. The fourth-order valence-corrected chi connectivity index (χ4v) is 2.57. The second kappa shape index (κ2) is 4.22. The largest absolute Gasteiger partial charge is 0.464 e. The maximum Gasteiger partial charge on any atom is 0.294 e. The van der Waals surface area contributed by atoms with Gasteiger partial charge in [-0.2, -0.15) is 8.42 Å². The van der Waals surface area contributed by atoms with E-state index in [1.807, 2.05) is 18.2 Å². The van der Waals surface area contributed by atoms with Crippen LogP contribution in [-0.4, -0.2) is 13.0 Å². The Balaban J connectivity index is 2.35. The van der Waals surface area contributed by atoms with Gasteiger partial charge in [-0.1, -0.05) is 24.3 Å². The molecule has 1 N–H and O–H groups in total. The lowest BCUT2D eigenvalue weighted by atomic mass is 10.0. The zero-order chi connectivity index (χ0) is 13.5. The van der Waals surface area contributed by atoms with Gasteiger partial charge < -0.3 is 4.42 Å². The first-order valence-corrected chi connectivity index (χ1v) is 7.04. The molecule has 0 aliphatic carbocycles. The Morgan fingerprint density at radius 3 is 2.53 bits per heavy atom. The van der Waals surface area contributed by atoms with Gasteiger partial charge in [-0.25, -0.2) is 0 Å². The molecular formula is C14H10O4S. The highest BCUT2D eigenvalue weighted by atomic mass is 32.2. The lowest BCUT2D eigenvalue weighted by molar-refractivity contribution is 0.483. The van der Waals surface area contributed by atoms with Gasteiger partial charge in [0, 0.05) is 5.56 Å². The van der Waals surface area contributed by atoms with Crippen LogP contribution in [0.5, 0.6) is 0 Å². The van der Waals surface area contributed by atoms with E-state index in [-0.39, 0.29) is 4.90 Å². The first kappa shape index (κ1) is 12.0. The summed E-state index contributed by atoms with van der Waals surface area (Å²) in [6.07, 6.45) is 1.56. The van der Waals surface area contributed by atoms with Crippen LogP contribution < -0.4 is 0 Å². The SMILES string of the molecule is O=S(=O)(O)c1ccc2cccc(-c3ccco3)c2c1. The molecule has 0 amide bonds. The van der Waals surface area contributed by atoms with Crippen molar-refractivity contribution in [1.82, 2.24) is 0 Å². The van der Waals surface area contributed by atoms with Gasteiger partial charge in [0.25, 0.3) is 10.1 Å². The molecule has 5 heteroatoms. The molecule has 0 aliphatic rings. The summed E-state index contributed by atoms with van der Waals surface area (Å²) in [4.78, 5) is -0.126. The van der Waals surface area contributed by atoms with Crippen LogP contribution in [0.4, 0.5) is 0 Å². The van der Waals surface area contributed by atoms with Crippen molar-refractivity contribution in [3.05, 3.63) is 54.8 Å². The van der Waals surface area contributed by atoms with Gasteiger partial charge in [0.05, 0.1) is 11.2 Å². The van der Waals surface area contributed by atoms with Crippen LogP contribution in [0.25, 0.3) is 22.1 Å². The average Bonchev–Trinajstić information content (AvgIpc) is 2.90. The van der Waals surface area contributed by atoms with Gasteiger partial charge in [-0.05, 0) is 35.0 Å². The third-order valence-corrected chi connectivity index (χ3v) is 3.79. The highest BCUT2D eigenvalue weighted by Crippen LogP contribution is 2.30. The van der Waals surface area contributed by atoms with Gasteiger partial charge >= 0.3 is 0 Å². The topological polar surface area (TPSA) is 67.5 Å². The first-order valence-electron chi connectivity index (χ1n) is 5.60. The van der Waals surface area contributed by atoms with Crippen LogP contribution in [0, 0.1) is 0 Å². The molecule has 3 aromatic rings. The number of rotatable bonds is 2. The van der Waals surface area contributed by atoms with Crippen LogP contribution in [0.1, 0.15) is 0 Å².